The molecule has 16 heavy (non-hydrogen) atoms. The third kappa shape index (κ3) is 1.11. The molecule has 0 saturated carbocycles. The Bertz CT molecular complexity index is 623. The standard InChI is InChI=1S/C11H14N4O/c1-6-8-9-7(4-3-5-12-9)11(16)13-10(8)15(2)14-6/h12H,3-5H2,1-2H3,(H,13,16). The minimum atomic E-state index is 0.0118. The summed E-state index contributed by atoms with van der Waals surface area (Å²) in [4.78, 5) is 14.8. The van der Waals surface area contributed by atoms with Gasteiger partial charge in [0.05, 0.1) is 16.8 Å². The maximum absolute atomic E-state index is 11.9. The van der Waals surface area contributed by atoms with Crippen LogP contribution in [0.5, 0.6) is 0 Å². The maximum Gasteiger partial charge on any atom is 0.254 e. The summed E-state index contributed by atoms with van der Waals surface area (Å²) in [5.74, 6) is 0. The van der Waals surface area contributed by atoms with Crippen LogP contribution in [0.15, 0.2) is 4.79 Å². The topological polar surface area (TPSA) is 62.7 Å². The predicted octanol–water partition coefficient (Wildman–Crippen LogP) is 0.928. The monoisotopic (exact) mass is 218 g/mol. The Morgan fingerprint density at radius 2 is 2.25 bits per heavy atom. The summed E-state index contributed by atoms with van der Waals surface area (Å²) in [7, 11) is 1.85. The lowest BCUT2D eigenvalue weighted by Gasteiger charge is -2.17. The van der Waals surface area contributed by atoms with E-state index < -0.39 is 0 Å². The molecular weight excluding hydrogens is 204 g/mol. The number of anilines is 1. The fraction of sp³-hybridized carbons (Fsp3) is 0.455. The molecular formula is C11H14N4O. The summed E-state index contributed by atoms with van der Waals surface area (Å²) in [6, 6.07) is 0. The van der Waals surface area contributed by atoms with Gasteiger partial charge in [-0.25, -0.2) is 0 Å². The lowest BCUT2D eigenvalue weighted by molar-refractivity contribution is 0.770. The average Bonchev–Trinajstić information content (AvgIpc) is 2.55. The number of aromatic amines is 1. The molecule has 2 N–H and O–H groups in total. The zero-order chi connectivity index (χ0) is 11.3. The molecule has 0 unspecified atom stereocenters. The van der Waals surface area contributed by atoms with Crippen molar-refractivity contribution in [3.8, 4) is 0 Å². The molecule has 0 saturated heterocycles. The number of fused-ring (bicyclic) bond motifs is 3. The van der Waals surface area contributed by atoms with Crippen molar-refractivity contribution in [3.63, 3.8) is 0 Å². The molecule has 5 nitrogen and oxygen atoms in total. The summed E-state index contributed by atoms with van der Waals surface area (Å²) >= 11 is 0. The molecule has 0 atom stereocenters. The highest BCUT2D eigenvalue weighted by Gasteiger charge is 2.19. The van der Waals surface area contributed by atoms with Gasteiger partial charge in [0.1, 0.15) is 5.65 Å². The summed E-state index contributed by atoms with van der Waals surface area (Å²) in [6.45, 7) is 2.90. The van der Waals surface area contributed by atoms with E-state index in [-0.39, 0.29) is 5.56 Å². The quantitative estimate of drug-likeness (QED) is 0.691. The SMILES string of the molecule is Cc1nn(C)c2[nH]c(=O)c3c(c12)NCCC3. The van der Waals surface area contributed by atoms with Gasteiger partial charge in [0.25, 0.3) is 5.56 Å². The van der Waals surface area contributed by atoms with Crippen LogP contribution in [0.3, 0.4) is 0 Å². The molecule has 84 valence electrons. The third-order valence-electron chi connectivity index (χ3n) is 3.19. The minimum Gasteiger partial charge on any atom is -0.384 e. The number of aromatic nitrogens is 3. The van der Waals surface area contributed by atoms with Gasteiger partial charge < -0.3 is 10.3 Å². The van der Waals surface area contributed by atoms with Crippen LogP contribution >= 0.6 is 0 Å². The van der Waals surface area contributed by atoms with Crippen molar-refractivity contribution in [2.45, 2.75) is 19.8 Å². The Hall–Kier alpha value is -1.78. The highest BCUT2D eigenvalue weighted by molar-refractivity contribution is 5.93. The van der Waals surface area contributed by atoms with Crippen molar-refractivity contribution >= 4 is 16.7 Å². The van der Waals surface area contributed by atoms with E-state index in [0.717, 1.165) is 47.4 Å². The molecule has 0 fully saturated rings. The van der Waals surface area contributed by atoms with E-state index in [9.17, 15) is 4.79 Å². The smallest absolute Gasteiger partial charge is 0.254 e. The maximum atomic E-state index is 11.9. The lowest BCUT2D eigenvalue weighted by Crippen LogP contribution is -2.22. The van der Waals surface area contributed by atoms with Gasteiger partial charge >= 0.3 is 0 Å². The van der Waals surface area contributed by atoms with Crippen molar-refractivity contribution in [3.05, 3.63) is 21.6 Å². The van der Waals surface area contributed by atoms with Crippen LogP contribution in [0.1, 0.15) is 17.7 Å². The van der Waals surface area contributed by atoms with E-state index in [1.807, 2.05) is 14.0 Å². The van der Waals surface area contributed by atoms with Gasteiger partial charge in [-0.15, -0.1) is 0 Å². The van der Waals surface area contributed by atoms with Gasteiger partial charge in [-0.3, -0.25) is 9.48 Å². The Balaban J connectivity index is 2.49. The van der Waals surface area contributed by atoms with E-state index >= 15 is 0 Å². The fourth-order valence-electron chi connectivity index (χ4n) is 2.46. The minimum absolute atomic E-state index is 0.0118. The van der Waals surface area contributed by atoms with Crippen LogP contribution in [0, 0.1) is 6.92 Å². The summed E-state index contributed by atoms with van der Waals surface area (Å²) in [5.41, 5.74) is 3.62. The molecule has 0 spiro atoms. The van der Waals surface area contributed by atoms with Gasteiger partial charge in [-0.2, -0.15) is 5.10 Å². The first kappa shape index (κ1) is 9.45. The first-order chi connectivity index (χ1) is 7.68. The second-order valence-corrected chi connectivity index (χ2v) is 4.27. The second-order valence-electron chi connectivity index (χ2n) is 4.27. The van der Waals surface area contributed by atoms with Crippen LogP contribution < -0.4 is 10.9 Å². The number of rotatable bonds is 0. The first-order valence-corrected chi connectivity index (χ1v) is 5.51. The Labute approximate surface area is 92.5 Å². The van der Waals surface area contributed by atoms with Crippen molar-refractivity contribution in [2.75, 3.05) is 11.9 Å². The van der Waals surface area contributed by atoms with Crippen molar-refractivity contribution < 1.29 is 0 Å². The Kier molecular flexibility index (Phi) is 1.83. The molecule has 0 radical (unpaired) electrons. The number of aryl methyl sites for hydroxylation is 2. The highest BCUT2D eigenvalue weighted by Crippen LogP contribution is 2.29. The number of nitrogens with zero attached hydrogens (tertiary/aromatic N) is 2. The summed E-state index contributed by atoms with van der Waals surface area (Å²) in [6.07, 6.45) is 1.86. The molecule has 1 aliphatic rings. The van der Waals surface area contributed by atoms with Crippen LogP contribution in [0.4, 0.5) is 5.69 Å². The zero-order valence-electron chi connectivity index (χ0n) is 9.42. The van der Waals surface area contributed by atoms with Crippen LogP contribution in [-0.2, 0) is 13.5 Å². The molecule has 0 aliphatic carbocycles. The Morgan fingerprint density at radius 1 is 1.44 bits per heavy atom. The lowest BCUT2D eigenvalue weighted by atomic mass is 10.0. The third-order valence-corrected chi connectivity index (χ3v) is 3.19. The molecule has 5 heteroatoms. The second kappa shape index (κ2) is 3.10. The van der Waals surface area contributed by atoms with Gasteiger partial charge in [-0.05, 0) is 19.8 Å². The van der Waals surface area contributed by atoms with Gasteiger partial charge in [-0.1, -0.05) is 0 Å². The molecule has 3 rings (SSSR count). The molecule has 0 amide bonds. The molecule has 1 aliphatic heterocycles. The van der Waals surface area contributed by atoms with Gasteiger partial charge in [0, 0.05) is 19.2 Å². The van der Waals surface area contributed by atoms with Crippen LogP contribution in [-0.4, -0.2) is 21.3 Å². The molecule has 2 aromatic heterocycles. The largest absolute Gasteiger partial charge is 0.384 e. The highest BCUT2D eigenvalue weighted by atomic mass is 16.1. The zero-order valence-corrected chi connectivity index (χ0v) is 9.42. The van der Waals surface area contributed by atoms with Crippen molar-refractivity contribution in [1.82, 2.24) is 14.8 Å². The van der Waals surface area contributed by atoms with Crippen molar-refractivity contribution in [2.24, 2.45) is 7.05 Å². The van der Waals surface area contributed by atoms with Gasteiger partial charge in [0.2, 0.25) is 0 Å². The normalized spacial score (nSPS) is 14.9. The van der Waals surface area contributed by atoms with Crippen LogP contribution in [0.25, 0.3) is 11.0 Å². The van der Waals surface area contributed by atoms with E-state index in [2.05, 4.69) is 15.4 Å². The first-order valence-electron chi connectivity index (χ1n) is 5.51. The predicted molar refractivity (Wildman–Crippen MR) is 62.9 cm³/mol. The van der Waals surface area contributed by atoms with Crippen molar-refractivity contribution in [1.29, 1.82) is 0 Å². The number of pyridine rings is 1. The average molecular weight is 218 g/mol. The van der Waals surface area contributed by atoms with E-state index in [4.69, 9.17) is 0 Å². The fourth-order valence-corrected chi connectivity index (χ4v) is 2.46. The number of H-pyrrole nitrogens is 1. The number of hydrogen-bond acceptors (Lipinski definition) is 3. The Morgan fingerprint density at radius 3 is 3.06 bits per heavy atom. The summed E-state index contributed by atoms with van der Waals surface area (Å²) in [5, 5.41) is 8.73. The molecule has 0 aromatic carbocycles. The van der Waals surface area contributed by atoms with Gasteiger partial charge in [0.15, 0.2) is 0 Å². The number of nitrogens with one attached hydrogen (secondary N) is 2. The molecule has 2 aromatic rings. The summed E-state index contributed by atoms with van der Waals surface area (Å²) < 4.78 is 1.72. The van der Waals surface area contributed by atoms with Crippen LogP contribution in [0.2, 0.25) is 0 Å². The number of hydrogen-bond donors (Lipinski definition) is 2. The van der Waals surface area contributed by atoms with E-state index in [1.165, 1.54) is 0 Å². The molecule has 3 heterocycles. The van der Waals surface area contributed by atoms with E-state index in [1.54, 1.807) is 4.68 Å². The van der Waals surface area contributed by atoms with E-state index in [0.29, 0.717) is 0 Å². The molecule has 0 bridgehead atoms.